The van der Waals surface area contributed by atoms with Crippen LogP contribution in [0, 0.1) is 0 Å². The van der Waals surface area contributed by atoms with Gasteiger partial charge in [-0.05, 0) is 35.7 Å². The van der Waals surface area contributed by atoms with Crippen LogP contribution in [-0.4, -0.2) is 29.3 Å². The summed E-state index contributed by atoms with van der Waals surface area (Å²) in [6.45, 7) is 2.05. The Balaban J connectivity index is 1.26. The van der Waals surface area contributed by atoms with Crippen LogP contribution in [0.15, 0.2) is 42.5 Å². The summed E-state index contributed by atoms with van der Waals surface area (Å²) in [4.78, 5) is 17.9. The summed E-state index contributed by atoms with van der Waals surface area (Å²) in [6, 6.07) is 14.0. The molecule has 2 N–H and O–H groups in total. The van der Waals surface area contributed by atoms with Crippen LogP contribution in [0.3, 0.4) is 0 Å². The van der Waals surface area contributed by atoms with Gasteiger partial charge < -0.3 is 24.7 Å². The molecular formula is C20H19N3O3. The molecule has 26 heavy (non-hydrogen) atoms. The van der Waals surface area contributed by atoms with Crippen molar-refractivity contribution in [3.05, 3.63) is 59.3 Å². The number of urea groups is 1. The minimum atomic E-state index is -0.0491. The van der Waals surface area contributed by atoms with Crippen molar-refractivity contribution in [2.75, 3.05) is 13.3 Å². The van der Waals surface area contributed by atoms with Crippen LogP contribution in [0.1, 0.15) is 16.8 Å². The van der Waals surface area contributed by atoms with E-state index in [1.807, 2.05) is 29.2 Å². The number of benzene rings is 2. The lowest BCUT2D eigenvalue weighted by atomic mass is 10.0. The van der Waals surface area contributed by atoms with Crippen molar-refractivity contribution in [2.24, 2.45) is 0 Å². The summed E-state index contributed by atoms with van der Waals surface area (Å²) >= 11 is 0. The minimum Gasteiger partial charge on any atom is -0.454 e. The fraction of sp³-hybridized carbons (Fsp3) is 0.250. The summed E-state index contributed by atoms with van der Waals surface area (Å²) in [5.74, 6) is 1.49. The first-order chi connectivity index (χ1) is 12.8. The molecule has 0 aliphatic carbocycles. The lowest BCUT2D eigenvalue weighted by molar-refractivity contribution is 0.174. The van der Waals surface area contributed by atoms with E-state index < -0.39 is 0 Å². The predicted octanol–water partition coefficient (Wildman–Crippen LogP) is 3.16. The molecule has 1 aromatic heterocycles. The number of carbonyl (C=O) groups is 1. The van der Waals surface area contributed by atoms with Crippen molar-refractivity contribution >= 4 is 16.9 Å². The third-order valence-electron chi connectivity index (χ3n) is 5.05. The third kappa shape index (κ3) is 2.54. The highest BCUT2D eigenvalue weighted by molar-refractivity contribution is 5.85. The molecule has 2 aromatic carbocycles. The van der Waals surface area contributed by atoms with Crippen molar-refractivity contribution in [1.82, 2.24) is 15.2 Å². The number of nitrogens with one attached hydrogen (secondary N) is 2. The van der Waals surface area contributed by atoms with Crippen molar-refractivity contribution in [3.63, 3.8) is 0 Å². The molecule has 132 valence electrons. The molecule has 5 rings (SSSR count). The monoisotopic (exact) mass is 349 g/mol. The largest absolute Gasteiger partial charge is 0.454 e. The van der Waals surface area contributed by atoms with Crippen LogP contribution >= 0.6 is 0 Å². The molecule has 6 nitrogen and oxygen atoms in total. The van der Waals surface area contributed by atoms with Gasteiger partial charge in [0.1, 0.15) is 0 Å². The first-order valence-corrected chi connectivity index (χ1v) is 8.78. The van der Waals surface area contributed by atoms with Crippen LogP contribution in [-0.2, 0) is 19.5 Å². The second-order valence-corrected chi connectivity index (χ2v) is 6.65. The number of carbonyl (C=O) groups excluding carboxylic acids is 1. The molecule has 0 bridgehead atoms. The van der Waals surface area contributed by atoms with Gasteiger partial charge in [0.15, 0.2) is 11.5 Å². The second kappa shape index (κ2) is 5.98. The van der Waals surface area contributed by atoms with E-state index in [2.05, 4.69) is 28.5 Å². The van der Waals surface area contributed by atoms with Crippen molar-refractivity contribution in [2.45, 2.75) is 19.5 Å². The zero-order valence-electron chi connectivity index (χ0n) is 14.2. The molecule has 2 amide bonds. The Bertz CT molecular complexity index is 995. The molecule has 2 aliphatic rings. The topological polar surface area (TPSA) is 66.6 Å². The van der Waals surface area contributed by atoms with E-state index in [-0.39, 0.29) is 12.8 Å². The van der Waals surface area contributed by atoms with Gasteiger partial charge in [-0.25, -0.2) is 4.79 Å². The first-order valence-electron chi connectivity index (χ1n) is 8.78. The molecule has 0 radical (unpaired) electrons. The Morgan fingerprint density at radius 1 is 1.15 bits per heavy atom. The second-order valence-electron chi connectivity index (χ2n) is 6.65. The molecule has 0 atom stereocenters. The fourth-order valence-corrected chi connectivity index (χ4v) is 3.71. The van der Waals surface area contributed by atoms with Crippen molar-refractivity contribution in [3.8, 4) is 11.5 Å². The Kier molecular flexibility index (Phi) is 3.48. The van der Waals surface area contributed by atoms with Gasteiger partial charge in [-0.1, -0.05) is 24.3 Å². The number of H-pyrrole nitrogens is 1. The molecule has 0 fully saturated rings. The fourth-order valence-electron chi connectivity index (χ4n) is 3.71. The number of hydrogen-bond donors (Lipinski definition) is 2. The number of amides is 2. The highest BCUT2D eigenvalue weighted by atomic mass is 16.7. The quantitative estimate of drug-likeness (QED) is 0.747. The normalized spacial score (nSPS) is 15.2. The standard InChI is InChI=1S/C20H19N3O3/c24-20(21-10-13-5-6-18-19(9-13)26-12-25-18)23-8-7-15-14-3-1-2-4-16(14)22-17(15)11-23/h1-6,9,22H,7-8,10-12H2,(H,21,24). The zero-order chi connectivity index (χ0) is 17.5. The Hall–Kier alpha value is -3.15. The molecule has 3 heterocycles. The number of para-hydroxylation sites is 1. The van der Waals surface area contributed by atoms with Crippen LogP contribution < -0.4 is 14.8 Å². The van der Waals surface area contributed by atoms with Gasteiger partial charge in [0.05, 0.1) is 6.54 Å². The highest BCUT2D eigenvalue weighted by Gasteiger charge is 2.23. The molecule has 0 unspecified atom stereocenters. The lowest BCUT2D eigenvalue weighted by Gasteiger charge is -2.27. The Morgan fingerprint density at radius 2 is 2.04 bits per heavy atom. The number of aromatic nitrogens is 1. The molecule has 0 saturated carbocycles. The zero-order valence-corrected chi connectivity index (χ0v) is 14.2. The van der Waals surface area contributed by atoms with E-state index in [4.69, 9.17) is 9.47 Å². The summed E-state index contributed by atoms with van der Waals surface area (Å²) in [7, 11) is 0. The average molecular weight is 349 g/mol. The van der Waals surface area contributed by atoms with Crippen LogP contribution in [0.5, 0.6) is 11.5 Å². The van der Waals surface area contributed by atoms with Gasteiger partial charge in [-0.2, -0.15) is 0 Å². The van der Waals surface area contributed by atoms with E-state index >= 15 is 0 Å². The maximum absolute atomic E-state index is 12.6. The van der Waals surface area contributed by atoms with Crippen LogP contribution in [0.2, 0.25) is 0 Å². The van der Waals surface area contributed by atoms with Gasteiger partial charge in [0.25, 0.3) is 0 Å². The molecule has 0 spiro atoms. The molecule has 3 aromatic rings. The molecule has 2 aliphatic heterocycles. The van der Waals surface area contributed by atoms with E-state index in [0.717, 1.165) is 41.2 Å². The van der Waals surface area contributed by atoms with Gasteiger partial charge in [-0.15, -0.1) is 0 Å². The maximum Gasteiger partial charge on any atom is 0.318 e. The predicted molar refractivity (Wildman–Crippen MR) is 97.2 cm³/mol. The summed E-state index contributed by atoms with van der Waals surface area (Å²) < 4.78 is 10.7. The highest BCUT2D eigenvalue weighted by Crippen LogP contribution is 2.32. The number of hydrogen-bond acceptors (Lipinski definition) is 3. The first kappa shape index (κ1) is 15.1. The van der Waals surface area contributed by atoms with Crippen LogP contribution in [0.25, 0.3) is 10.9 Å². The van der Waals surface area contributed by atoms with E-state index in [9.17, 15) is 4.79 Å². The Morgan fingerprint density at radius 3 is 3.00 bits per heavy atom. The van der Waals surface area contributed by atoms with Gasteiger partial charge >= 0.3 is 6.03 Å². The summed E-state index contributed by atoms with van der Waals surface area (Å²) in [5.41, 5.74) is 4.60. The lowest BCUT2D eigenvalue weighted by Crippen LogP contribution is -2.42. The van der Waals surface area contributed by atoms with Gasteiger partial charge in [0, 0.05) is 29.7 Å². The average Bonchev–Trinajstić information content (AvgIpc) is 3.29. The number of ether oxygens (including phenoxy) is 2. The minimum absolute atomic E-state index is 0.0491. The van der Waals surface area contributed by atoms with Crippen molar-refractivity contribution < 1.29 is 14.3 Å². The smallest absolute Gasteiger partial charge is 0.318 e. The van der Waals surface area contributed by atoms with Crippen molar-refractivity contribution in [1.29, 1.82) is 0 Å². The summed E-state index contributed by atoms with van der Waals surface area (Å²) in [5, 5.41) is 4.27. The van der Waals surface area contributed by atoms with Crippen LogP contribution in [0.4, 0.5) is 4.79 Å². The van der Waals surface area contributed by atoms with E-state index in [1.165, 1.54) is 10.9 Å². The number of aromatic amines is 1. The molecular weight excluding hydrogens is 330 g/mol. The Labute approximate surface area is 150 Å². The SMILES string of the molecule is O=C(NCc1ccc2c(c1)OCO2)N1CCc2c([nH]c3ccccc23)C1. The number of fused-ring (bicyclic) bond motifs is 4. The van der Waals surface area contributed by atoms with E-state index in [1.54, 1.807) is 0 Å². The molecule has 0 saturated heterocycles. The third-order valence-corrected chi connectivity index (χ3v) is 5.05. The summed E-state index contributed by atoms with van der Waals surface area (Å²) in [6.07, 6.45) is 0.872. The number of rotatable bonds is 2. The maximum atomic E-state index is 12.6. The van der Waals surface area contributed by atoms with Gasteiger partial charge in [-0.3, -0.25) is 0 Å². The van der Waals surface area contributed by atoms with E-state index in [0.29, 0.717) is 13.1 Å². The number of nitrogens with zero attached hydrogens (tertiary/aromatic N) is 1. The van der Waals surface area contributed by atoms with Gasteiger partial charge in [0.2, 0.25) is 6.79 Å². The molecule has 6 heteroatoms.